The first-order valence-electron chi connectivity index (χ1n) is 11.6. The number of hydrogen-bond donors (Lipinski definition) is 1. The van der Waals surface area contributed by atoms with Crippen molar-refractivity contribution in [2.24, 2.45) is 17.8 Å². The number of rotatable bonds is 4. The summed E-state index contributed by atoms with van der Waals surface area (Å²) in [6.07, 6.45) is 11.5. The van der Waals surface area contributed by atoms with Crippen LogP contribution in [-0.4, -0.2) is 34.4 Å². The Morgan fingerprint density at radius 2 is 1.83 bits per heavy atom. The molecule has 1 saturated heterocycles. The van der Waals surface area contributed by atoms with Gasteiger partial charge in [0.05, 0.1) is 22.8 Å². The van der Waals surface area contributed by atoms with E-state index in [0.29, 0.717) is 12.6 Å². The van der Waals surface area contributed by atoms with Gasteiger partial charge in [0.25, 0.3) is 0 Å². The van der Waals surface area contributed by atoms with Crippen LogP contribution < -0.4 is 5.32 Å². The molecule has 5 heteroatoms. The van der Waals surface area contributed by atoms with Crippen LogP contribution in [0, 0.1) is 17.8 Å². The van der Waals surface area contributed by atoms with Crippen molar-refractivity contribution in [3.8, 4) is 0 Å². The van der Waals surface area contributed by atoms with Gasteiger partial charge in [-0.1, -0.05) is 18.6 Å². The summed E-state index contributed by atoms with van der Waals surface area (Å²) in [7, 11) is 0. The van der Waals surface area contributed by atoms with Crippen LogP contribution in [0.15, 0.2) is 24.3 Å². The molecule has 154 valence electrons. The third-order valence-electron chi connectivity index (χ3n) is 8.00. The first-order chi connectivity index (χ1) is 14.2. The van der Waals surface area contributed by atoms with Gasteiger partial charge in [-0.05, 0) is 87.8 Å². The Morgan fingerprint density at radius 3 is 2.55 bits per heavy atom. The largest absolute Gasteiger partial charge is 0.350 e. The zero-order valence-electron chi connectivity index (χ0n) is 17.1. The van der Waals surface area contributed by atoms with E-state index in [2.05, 4.69) is 34.5 Å². The minimum Gasteiger partial charge on any atom is -0.350 e. The fourth-order valence-electron chi connectivity index (χ4n) is 7.28. The predicted molar refractivity (Wildman–Crippen MR) is 117 cm³/mol. The Labute approximate surface area is 177 Å². The second kappa shape index (κ2) is 7.05. The zero-order chi connectivity index (χ0) is 19.4. The highest BCUT2D eigenvalue weighted by molar-refractivity contribution is 7.18. The summed E-state index contributed by atoms with van der Waals surface area (Å²) < 4.78 is 1.26. The first kappa shape index (κ1) is 18.3. The molecule has 4 bridgehead atoms. The topological polar surface area (TPSA) is 45.2 Å². The van der Waals surface area contributed by atoms with Gasteiger partial charge in [-0.2, -0.15) is 0 Å². The van der Waals surface area contributed by atoms with Crippen LogP contribution in [0.25, 0.3) is 10.2 Å². The Bertz CT molecular complexity index is 853. The number of nitrogens with one attached hydrogen (secondary N) is 1. The molecule has 1 amide bonds. The van der Waals surface area contributed by atoms with Crippen molar-refractivity contribution < 1.29 is 4.79 Å². The van der Waals surface area contributed by atoms with E-state index < -0.39 is 0 Å². The Kier molecular flexibility index (Phi) is 4.46. The van der Waals surface area contributed by atoms with Crippen molar-refractivity contribution in [3.05, 3.63) is 29.3 Å². The highest BCUT2D eigenvalue weighted by Crippen LogP contribution is 2.55. The van der Waals surface area contributed by atoms with Gasteiger partial charge in [0.2, 0.25) is 5.91 Å². The molecule has 7 rings (SSSR count). The van der Waals surface area contributed by atoms with E-state index in [1.54, 1.807) is 11.3 Å². The van der Waals surface area contributed by atoms with Crippen molar-refractivity contribution in [1.82, 2.24) is 15.2 Å². The predicted octanol–water partition coefficient (Wildman–Crippen LogP) is 4.91. The molecule has 5 aliphatic rings. The molecule has 0 unspecified atom stereocenters. The number of hydrogen-bond acceptors (Lipinski definition) is 4. The minimum absolute atomic E-state index is 0.118. The van der Waals surface area contributed by atoms with Gasteiger partial charge < -0.3 is 5.32 Å². The molecular weight excluding hydrogens is 378 g/mol. The molecule has 4 saturated carbocycles. The molecule has 2 heterocycles. The number of thiazole rings is 1. The average molecular weight is 410 g/mol. The summed E-state index contributed by atoms with van der Waals surface area (Å²) in [5, 5.41) is 4.76. The standard InChI is InChI=1S/C24H31N3OS/c28-22(26-24-12-16-9-17(13-24)11-18(10-16)14-24)15-27-8-4-3-6-20(27)23-25-19-5-1-2-7-21(19)29-23/h1-2,5,7,16-18,20H,3-4,6,8-15H2,(H,26,28)/t16?,17?,18?,20-,24?/m1/s1. The van der Waals surface area contributed by atoms with Crippen molar-refractivity contribution in [2.45, 2.75) is 69.4 Å². The molecule has 2 aromatic rings. The summed E-state index contributed by atoms with van der Waals surface area (Å²) in [6.45, 7) is 1.54. The quantitative estimate of drug-likeness (QED) is 0.780. The second-order valence-corrected chi connectivity index (χ2v) is 11.3. The minimum atomic E-state index is 0.118. The van der Waals surface area contributed by atoms with Gasteiger partial charge >= 0.3 is 0 Å². The third-order valence-corrected chi connectivity index (χ3v) is 9.14. The van der Waals surface area contributed by atoms with Crippen molar-refractivity contribution in [1.29, 1.82) is 0 Å². The average Bonchev–Trinajstić information content (AvgIpc) is 3.11. The molecule has 4 aliphatic carbocycles. The summed E-state index contributed by atoms with van der Waals surface area (Å²) in [5.74, 6) is 2.85. The van der Waals surface area contributed by atoms with E-state index >= 15 is 0 Å². The summed E-state index contributed by atoms with van der Waals surface area (Å²) in [6, 6.07) is 8.69. The second-order valence-electron chi connectivity index (χ2n) is 10.2. The maximum absolute atomic E-state index is 13.2. The number of benzene rings is 1. The number of amides is 1. The molecule has 4 nitrogen and oxygen atoms in total. The van der Waals surface area contributed by atoms with Crippen molar-refractivity contribution in [2.75, 3.05) is 13.1 Å². The van der Waals surface area contributed by atoms with E-state index in [1.165, 1.54) is 61.1 Å². The lowest BCUT2D eigenvalue weighted by atomic mass is 9.53. The molecule has 29 heavy (non-hydrogen) atoms. The van der Waals surface area contributed by atoms with Crippen LogP contribution in [0.4, 0.5) is 0 Å². The van der Waals surface area contributed by atoms with E-state index in [9.17, 15) is 4.79 Å². The number of nitrogens with zero attached hydrogens (tertiary/aromatic N) is 2. The van der Waals surface area contributed by atoms with Crippen molar-refractivity contribution in [3.63, 3.8) is 0 Å². The highest BCUT2D eigenvalue weighted by atomic mass is 32.1. The lowest BCUT2D eigenvalue weighted by Gasteiger charge is -2.57. The molecule has 1 aliphatic heterocycles. The zero-order valence-corrected chi connectivity index (χ0v) is 17.9. The van der Waals surface area contributed by atoms with Crippen LogP contribution in [0.2, 0.25) is 0 Å². The van der Waals surface area contributed by atoms with Gasteiger partial charge in [-0.15, -0.1) is 11.3 Å². The van der Waals surface area contributed by atoms with Gasteiger partial charge in [0.15, 0.2) is 0 Å². The van der Waals surface area contributed by atoms with E-state index in [0.717, 1.165) is 36.2 Å². The number of likely N-dealkylation sites (tertiary alicyclic amines) is 1. The maximum Gasteiger partial charge on any atom is 0.234 e. The van der Waals surface area contributed by atoms with E-state index in [4.69, 9.17) is 4.98 Å². The van der Waals surface area contributed by atoms with Crippen molar-refractivity contribution >= 4 is 27.5 Å². The Morgan fingerprint density at radius 1 is 1.10 bits per heavy atom. The van der Waals surface area contributed by atoms with E-state index in [-0.39, 0.29) is 11.4 Å². The third kappa shape index (κ3) is 3.40. The fraction of sp³-hybridized carbons (Fsp3) is 0.667. The van der Waals surface area contributed by atoms with Gasteiger partial charge in [0.1, 0.15) is 5.01 Å². The van der Waals surface area contributed by atoms with Crippen LogP contribution >= 0.6 is 11.3 Å². The first-order valence-corrected chi connectivity index (χ1v) is 12.4. The molecule has 5 fully saturated rings. The van der Waals surface area contributed by atoms with Crippen LogP contribution in [0.5, 0.6) is 0 Å². The van der Waals surface area contributed by atoms with Gasteiger partial charge in [-0.3, -0.25) is 9.69 Å². The molecule has 0 radical (unpaired) electrons. The molecular formula is C24H31N3OS. The SMILES string of the molecule is O=C(CN1CCCC[C@@H]1c1nc2ccccc2s1)NC12CC3CC(CC(C3)C1)C2. The smallest absolute Gasteiger partial charge is 0.234 e. The summed E-state index contributed by atoms with van der Waals surface area (Å²) >= 11 is 1.81. The monoisotopic (exact) mass is 409 g/mol. The summed E-state index contributed by atoms with van der Waals surface area (Å²) in [5.41, 5.74) is 1.21. The number of carbonyl (C=O) groups excluding carboxylic acids is 1. The van der Waals surface area contributed by atoms with E-state index in [1.807, 2.05) is 0 Å². The van der Waals surface area contributed by atoms with Gasteiger partial charge in [0, 0.05) is 5.54 Å². The van der Waals surface area contributed by atoms with Gasteiger partial charge in [-0.25, -0.2) is 4.98 Å². The number of piperidine rings is 1. The molecule has 1 aromatic carbocycles. The van der Waals surface area contributed by atoms with Crippen LogP contribution in [0.3, 0.4) is 0 Å². The lowest BCUT2D eigenvalue weighted by Crippen LogP contribution is -2.61. The summed E-state index contributed by atoms with van der Waals surface area (Å²) in [4.78, 5) is 20.5. The fourth-order valence-corrected chi connectivity index (χ4v) is 8.41. The number of para-hydroxylation sites is 1. The molecule has 1 aromatic heterocycles. The number of carbonyl (C=O) groups is 1. The molecule has 0 spiro atoms. The van der Waals surface area contributed by atoms with Crippen LogP contribution in [0.1, 0.15) is 68.8 Å². The molecule has 1 atom stereocenters. The van der Waals surface area contributed by atoms with Crippen LogP contribution in [-0.2, 0) is 4.79 Å². The Balaban J connectivity index is 1.17. The highest BCUT2D eigenvalue weighted by Gasteiger charge is 2.51. The molecule has 1 N–H and O–H groups in total. The number of aromatic nitrogens is 1. The number of fused-ring (bicyclic) bond motifs is 1. The maximum atomic E-state index is 13.2. The Hall–Kier alpha value is -1.46. The normalized spacial score (nSPS) is 36.6. The lowest BCUT2D eigenvalue weighted by molar-refractivity contribution is -0.129.